The summed E-state index contributed by atoms with van der Waals surface area (Å²) >= 11 is 0. The second kappa shape index (κ2) is 6.97. The Hall–Kier alpha value is -2.82. The van der Waals surface area contributed by atoms with E-state index in [0.29, 0.717) is 6.54 Å². The van der Waals surface area contributed by atoms with Gasteiger partial charge in [0.05, 0.1) is 5.69 Å². The highest BCUT2D eigenvalue weighted by Gasteiger charge is 2.17. The fourth-order valence-electron chi connectivity index (χ4n) is 3.05. The molecule has 0 spiro atoms. The van der Waals surface area contributed by atoms with Crippen LogP contribution in [0.2, 0.25) is 0 Å². The van der Waals surface area contributed by atoms with Crippen molar-refractivity contribution in [3.63, 3.8) is 0 Å². The Balaban J connectivity index is 0.00000182. The Morgan fingerprint density at radius 2 is 1.80 bits per heavy atom. The molecule has 0 saturated carbocycles. The molecule has 4 N–H and O–H groups in total. The van der Waals surface area contributed by atoms with Gasteiger partial charge < -0.3 is 15.8 Å². The maximum atomic E-state index is 10.9. The highest BCUT2D eigenvalue weighted by Crippen LogP contribution is 2.40. The summed E-state index contributed by atoms with van der Waals surface area (Å²) < 4.78 is 0. The van der Waals surface area contributed by atoms with Crippen molar-refractivity contribution in [3.05, 3.63) is 72.4 Å². The number of nitrogens with zero attached hydrogens (tertiary/aromatic N) is 1. The smallest absolute Gasteiger partial charge is 0.137 e. The molecule has 4 rings (SSSR count). The van der Waals surface area contributed by atoms with Gasteiger partial charge in [-0.3, -0.25) is 0 Å². The van der Waals surface area contributed by atoms with Crippen LogP contribution in [0.5, 0.6) is 5.75 Å². The van der Waals surface area contributed by atoms with Crippen molar-refractivity contribution in [2.24, 2.45) is 5.73 Å². The topological polar surface area (TPSA) is 74.9 Å². The standard InChI is InChI=1S/C20H17N3O.ClH/c21-12-15-8-9-16(13-5-2-1-3-6-13)19(24)18(15)17-11-14-7-4-10-22-20(14)23-17;/h1-11,24H,12,21H2,(H,22,23);1H. The van der Waals surface area contributed by atoms with Crippen molar-refractivity contribution < 1.29 is 5.11 Å². The summed E-state index contributed by atoms with van der Waals surface area (Å²) in [7, 11) is 0. The Morgan fingerprint density at radius 3 is 2.52 bits per heavy atom. The maximum Gasteiger partial charge on any atom is 0.137 e. The number of fused-ring (bicyclic) bond motifs is 1. The van der Waals surface area contributed by atoms with E-state index in [1.54, 1.807) is 6.20 Å². The minimum atomic E-state index is 0. The van der Waals surface area contributed by atoms with Gasteiger partial charge in [0.1, 0.15) is 11.4 Å². The lowest BCUT2D eigenvalue weighted by Crippen LogP contribution is -2.00. The predicted molar refractivity (Wildman–Crippen MR) is 104 cm³/mol. The number of benzene rings is 2. The summed E-state index contributed by atoms with van der Waals surface area (Å²) in [5.41, 5.74) is 10.9. The number of pyridine rings is 1. The maximum absolute atomic E-state index is 10.9. The number of rotatable bonds is 3. The summed E-state index contributed by atoms with van der Waals surface area (Å²) in [6, 6.07) is 19.6. The van der Waals surface area contributed by atoms with Crippen molar-refractivity contribution in [2.75, 3.05) is 0 Å². The van der Waals surface area contributed by atoms with Crippen molar-refractivity contribution >= 4 is 23.4 Å². The normalized spacial score (nSPS) is 10.6. The van der Waals surface area contributed by atoms with Crippen LogP contribution in [0.4, 0.5) is 0 Å². The van der Waals surface area contributed by atoms with Crippen molar-refractivity contribution in [1.29, 1.82) is 0 Å². The molecule has 0 amide bonds. The number of aromatic nitrogens is 2. The van der Waals surface area contributed by atoms with Crippen LogP contribution in [-0.2, 0) is 6.54 Å². The van der Waals surface area contributed by atoms with Gasteiger partial charge in [0.15, 0.2) is 0 Å². The van der Waals surface area contributed by atoms with E-state index in [1.165, 1.54) is 0 Å². The second-order valence-corrected chi connectivity index (χ2v) is 5.69. The zero-order valence-corrected chi connectivity index (χ0v) is 14.3. The zero-order valence-electron chi connectivity index (χ0n) is 13.4. The number of nitrogens with two attached hydrogens (primary N) is 1. The van der Waals surface area contributed by atoms with Gasteiger partial charge in [-0.15, -0.1) is 12.4 Å². The fourth-order valence-corrected chi connectivity index (χ4v) is 3.05. The molecule has 2 aromatic carbocycles. The first-order chi connectivity index (χ1) is 11.8. The second-order valence-electron chi connectivity index (χ2n) is 5.69. The van der Waals surface area contributed by atoms with Crippen LogP contribution in [-0.4, -0.2) is 15.1 Å². The summed E-state index contributed by atoms with van der Waals surface area (Å²) in [5.74, 6) is 0.232. The number of halogens is 1. The third-order valence-corrected chi connectivity index (χ3v) is 4.23. The highest BCUT2D eigenvalue weighted by atomic mass is 35.5. The van der Waals surface area contributed by atoms with Crippen LogP contribution in [0.15, 0.2) is 66.9 Å². The van der Waals surface area contributed by atoms with E-state index in [-0.39, 0.29) is 18.2 Å². The molecule has 0 aliphatic heterocycles. The molecule has 4 nitrogen and oxygen atoms in total. The van der Waals surface area contributed by atoms with Gasteiger partial charge in [0.25, 0.3) is 0 Å². The molecule has 25 heavy (non-hydrogen) atoms. The summed E-state index contributed by atoms with van der Waals surface area (Å²) in [6.45, 7) is 0.348. The molecule has 0 atom stereocenters. The molecule has 0 aliphatic carbocycles. The Labute approximate surface area is 151 Å². The van der Waals surface area contributed by atoms with Gasteiger partial charge in [-0.25, -0.2) is 4.98 Å². The molecule has 0 saturated heterocycles. The Kier molecular flexibility index (Phi) is 4.74. The van der Waals surface area contributed by atoms with Crippen LogP contribution in [0.3, 0.4) is 0 Å². The van der Waals surface area contributed by atoms with E-state index in [1.807, 2.05) is 60.7 Å². The molecule has 2 heterocycles. The van der Waals surface area contributed by atoms with E-state index in [2.05, 4.69) is 9.97 Å². The average molecular weight is 352 g/mol. The van der Waals surface area contributed by atoms with Gasteiger partial charge in [-0.05, 0) is 29.3 Å². The van der Waals surface area contributed by atoms with E-state index < -0.39 is 0 Å². The average Bonchev–Trinajstić information content (AvgIpc) is 3.05. The lowest BCUT2D eigenvalue weighted by molar-refractivity contribution is 0.478. The molecule has 0 aliphatic rings. The molecular formula is C20H18ClN3O. The number of aromatic hydroxyl groups is 1. The largest absolute Gasteiger partial charge is 0.507 e. The number of aromatic amines is 1. The monoisotopic (exact) mass is 351 g/mol. The van der Waals surface area contributed by atoms with Crippen molar-refractivity contribution in [3.8, 4) is 28.1 Å². The third kappa shape index (κ3) is 2.97. The molecule has 2 aromatic heterocycles. The molecule has 0 bridgehead atoms. The summed E-state index contributed by atoms with van der Waals surface area (Å²) in [4.78, 5) is 7.60. The quantitative estimate of drug-likeness (QED) is 0.509. The summed E-state index contributed by atoms with van der Waals surface area (Å²) in [6.07, 6.45) is 1.74. The number of phenols is 1. The number of nitrogens with one attached hydrogen (secondary N) is 1. The SMILES string of the molecule is Cl.NCc1ccc(-c2ccccc2)c(O)c1-c1cc2cccnc2[nH]1. The Morgan fingerprint density at radius 1 is 1.00 bits per heavy atom. The van der Waals surface area contributed by atoms with E-state index >= 15 is 0 Å². The van der Waals surface area contributed by atoms with Crippen LogP contribution in [0.1, 0.15) is 5.56 Å². The first-order valence-corrected chi connectivity index (χ1v) is 7.82. The summed E-state index contributed by atoms with van der Waals surface area (Å²) in [5, 5.41) is 11.9. The molecule has 5 heteroatoms. The molecule has 0 unspecified atom stereocenters. The number of hydrogen-bond donors (Lipinski definition) is 3. The van der Waals surface area contributed by atoms with Gasteiger partial charge >= 0.3 is 0 Å². The van der Waals surface area contributed by atoms with E-state index in [4.69, 9.17) is 5.73 Å². The highest BCUT2D eigenvalue weighted by molar-refractivity contribution is 5.89. The van der Waals surface area contributed by atoms with Crippen LogP contribution < -0.4 is 5.73 Å². The number of phenolic OH excluding ortho intramolecular Hbond substituents is 1. The van der Waals surface area contributed by atoms with Gasteiger partial charge in [-0.1, -0.05) is 42.5 Å². The first-order valence-electron chi connectivity index (χ1n) is 7.82. The van der Waals surface area contributed by atoms with Crippen molar-refractivity contribution in [1.82, 2.24) is 9.97 Å². The minimum Gasteiger partial charge on any atom is -0.507 e. The lowest BCUT2D eigenvalue weighted by Gasteiger charge is -2.13. The lowest BCUT2D eigenvalue weighted by atomic mass is 9.95. The van der Waals surface area contributed by atoms with E-state index in [0.717, 1.165) is 39.0 Å². The van der Waals surface area contributed by atoms with Crippen LogP contribution >= 0.6 is 12.4 Å². The van der Waals surface area contributed by atoms with Crippen LogP contribution in [0, 0.1) is 0 Å². The minimum absolute atomic E-state index is 0. The number of hydrogen-bond acceptors (Lipinski definition) is 3. The molecule has 0 radical (unpaired) electrons. The van der Waals surface area contributed by atoms with Crippen LogP contribution in [0.25, 0.3) is 33.4 Å². The first kappa shape index (κ1) is 17.0. The van der Waals surface area contributed by atoms with Gasteiger partial charge in [0, 0.05) is 29.3 Å². The fraction of sp³-hybridized carbons (Fsp3) is 0.0500. The third-order valence-electron chi connectivity index (χ3n) is 4.23. The zero-order chi connectivity index (χ0) is 16.5. The van der Waals surface area contributed by atoms with E-state index in [9.17, 15) is 5.11 Å². The number of H-pyrrole nitrogens is 1. The molecular weight excluding hydrogens is 334 g/mol. The predicted octanol–water partition coefficient (Wildman–Crippen LogP) is 4.48. The van der Waals surface area contributed by atoms with Gasteiger partial charge in [0.2, 0.25) is 0 Å². The molecule has 4 aromatic rings. The van der Waals surface area contributed by atoms with Crippen molar-refractivity contribution in [2.45, 2.75) is 6.54 Å². The Bertz CT molecular complexity index is 979. The molecule has 126 valence electrons. The molecule has 0 fully saturated rings. The van der Waals surface area contributed by atoms with Gasteiger partial charge in [-0.2, -0.15) is 0 Å².